The number of nitriles is 1. The first-order chi connectivity index (χ1) is 7.22. The highest BCUT2D eigenvalue weighted by Crippen LogP contribution is 2.29. The minimum atomic E-state index is 0.707. The molecule has 1 aromatic carbocycles. The van der Waals surface area contributed by atoms with Gasteiger partial charge in [0.15, 0.2) is 0 Å². The van der Waals surface area contributed by atoms with E-state index in [1.165, 1.54) is 6.08 Å². The summed E-state index contributed by atoms with van der Waals surface area (Å²) in [6.07, 6.45) is 1.49. The Morgan fingerprint density at radius 3 is 2.60 bits per heavy atom. The van der Waals surface area contributed by atoms with Crippen molar-refractivity contribution in [2.45, 2.75) is 6.92 Å². The van der Waals surface area contributed by atoms with E-state index in [-0.39, 0.29) is 0 Å². The number of methoxy groups -OCH3 is 2. The molecule has 0 heterocycles. The lowest BCUT2D eigenvalue weighted by molar-refractivity contribution is 0.393. The maximum Gasteiger partial charge on any atom is 0.130 e. The lowest BCUT2D eigenvalue weighted by atomic mass is 10.1. The average Bonchev–Trinajstić information content (AvgIpc) is 2.28. The van der Waals surface area contributed by atoms with E-state index in [4.69, 9.17) is 14.7 Å². The van der Waals surface area contributed by atoms with Gasteiger partial charge in [-0.2, -0.15) is 5.26 Å². The molecule has 0 saturated heterocycles. The fourth-order valence-corrected chi connectivity index (χ4v) is 1.30. The maximum atomic E-state index is 8.57. The second kappa shape index (κ2) is 5.06. The van der Waals surface area contributed by atoms with E-state index in [1.807, 2.05) is 25.1 Å². The van der Waals surface area contributed by atoms with Crippen LogP contribution in [0, 0.1) is 11.3 Å². The number of hydrogen-bond donors (Lipinski definition) is 0. The normalized spacial score (nSPS) is 10.7. The van der Waals surface area contributed by atoms with Crippen molar-refractivity contribution in [3.63, 3.8) is 0 Å². The van der Waals surface area contributed by atoms with Gasteiger partial charge in [0.25, 0.3) is 0 Å². The van der Waals surface area contributed by atoms with Crippen LogP contribution in [-0.2, 0) is 0 Å². The van der Waals surface area contributed by atoms with E-state index < -0.39 is 0 Å². The van der Waals surface area contributed by atoms with Crippen molar-refractivity contribution in [2.24, 2.45) is 0 Å². The summed E-state index contributed by atoms with van der Waals surface area (Å²) in [6.45, 7) is 1.87. The largest absolute Gasteiger partial charge is 0.497 e. The van der Waals surface area contributed by atoms with Gasteiger partial charge in [0.05, 0.1) is 20.3 Å². The van der Waals surface area contributed by atoms with E-state index >= 15 is 0 Å². The van der Waals surface area contributed by atoms with Crippen molar-refractivity contribution in [1.29, 1.82) is 5.26 Å². The smallest absolute Gasteiger partial charge is 0.130 e. The molecular formula is C12H13NO2. The molecule has 0 spiro atoms. The summed E-state index contributed by atoms with van der Waals surface area (Å²) in [4.78, 5) is 0. The molecule has 0 N–H and O–H groups in total. The van der Waals surface area contributed by atoms with E-state index in [1.54, 1.807) is 20.3 Å². The summed E-state index contributed by atoms with van der Waals surface area (Å²) in [7, 11) is 3.20. The molecule has 0 aromatic heterocycles. The topological polar surface area (TPSA) is 42.2 Å². The molecule has 15 heavy (non-hydrogen) atoms. The fraction of sp³-hybridized carbons (Fsp3) is 0.250. The Hall–Kier alpha value is -1.95. The molecule has 0 atom stereocenters. The third-order valence-corrected chi connectivity index (χ3v) is 2.11. The van der Waals surface area contributed by atoms with Crippen LogP contribution in [0.3, 0.4) is 0 Å². The van der Waals surface area contributed by atoms with Crippen LogP contribution in [0.2, 0.25) is 0 Å². The lowest BCUT2D eigenvalue weighted by Crippen LogP contribution is -1.91. The van der Waals surface area contributed by atoms with Gasteiger partial charge in [0.2, 0.25) is 0 Å². The number of ether oxygens (including phenoxy) is 2. The van der Waals surface area contributed by atoms with Crippen LogP contribution in [0.25, 0.3) is 5.57 Å². The van der Waals surface area contributed by atoms with E-state index in [0.29, 0.717) is 5.75 Å². The van der Waals surface area contributed by atoms with E-state index in [2.05, 4.69) is 0 Å². The monoisotopic (exact) mass is 203 g/mol. The van der Waals surface area contributed by atoms with Gasteiger partial charge in [-0.05, 0) is 24.6 Å². The van der Waals surface area contributed by atoms with Crippen LogP contribution in [0.1, 0.15) is 12.5 Å². The Bertz CT molecular complexity index is 416. The van der Waals surface area contributed by atoms with Crippen LogP contribution in [0.4, 0.5) is 0 Å². The highest BCUT2D eigenvalue weighted by atomic mass is 16.5. The minimum Gasteiger partial charge on any atom is -0.497 e. The average molecular weight is 203 g/mol. The molecule has 1 rings (SSSR count). The van der Waals surface area contributed by atoms with Gasteiger partial charge >= 0.3 is 0 Å². The molecule has 0 fully saturated rings. The molecule has 0 saturated carbocycles. The van der Waals surface area contributed by atoms with E-state index in [9.17, 15) is 0 Å². The number of rotatable bonds is 3. The maximum absolute atomic E-state index is 8.57. The molecule has 0 aliphatic carbocycles. The molecular weight excluding hydrogens is 190 g/mol. The minimum absolute atomic E-state index is 0.707. The lowest BCUT2D eigenvalue weighted by Gasteiger charge is -2.09. The Labute approximate surface area is 89.6 Å². The van der Waals surface area contributed by atoms with Crippen molar-refractivity contribution in [3.05, 3.63) is 29.8 Å². The highest BCUT2D eigenvalue weighted by molar-refractivity contribution is 5.71. The number of nitrogens with zero attached hydrogens (tertiary/aromatic N) is 1. The Morgan fingerprint density at radius 1 is 1.33 bits per heavy atom. The van der Waals surface area contributed by atoms with Gasteiger partial charge in [-0.15, -0.1) is 0 Å². The number of allylic oxidation sites excluding steroid dienone is 2. The third-order valence-electron chi connectivity index (χ3n) is 2.11. The second-order valence-electron chi connectivity index (χ2n) is 3.02. The molecule has 1 aromatic rings. The van der Waals surface area contributed by atoms with Crippen LogP contribution in [0.5, 0.6) is 11.5 Å². The standard InChI is InChI=1S/C12H13NO2/c1-9(6-7-13)11-5-4-10(14-2)8-12(11)15-3/h4-6,8H,1-3H3. The Balaban J connectivity index is 3.20. The van der Waals surface area contributed by atoms with Crippen LogP contribution < -0.4 is 9.47 Å². The molecule has 3 heteroatoms. The first kappa shape index (κ1) is 11.1. The third kappa shape index (κ3) is 2.50. The Morgan fingerprint density at radius 2 is 2.07 bits per heavy atom. The summed E-state index contributed by atoms with van der Waals surface area (Å²) in [5.74, 6) is 1.44. The van der Waals surface area contributed by atoms with Crippen molar-refractivity contribution in [3.8, 4) is 17.6 Å². The van der Waals surface area contributed by atoms with Gasteiger partial charge in [0, 0.05) is 17.7 Å². The predicted octanol–water partition coefficient (Wildman–Crippen LogP) is 2.63. The van der Waals surface area contributed by atoms with Gasteiger partial charge in [-0.25, -0.2) is 0 Å². The zero-order valence-electron chi connectivity index (χ0n) is 9.07. The van der Waals surface area contributed by atoms with Gasteiger partial charge < -0.3 is 9.47 Å². The summed E-state index contributed by atoms with van der Waals surface area (Å²) in [5.41, 5.74) is 1.77. The first-order valence-electron chi connectivity index (χ1n) is 4.51. The molecule has 0 amide bonds. The van der Waals surface area contributed by atoms with Crippen LogP contribution >= 0.6 is 0 Å². The highest BCUT2D eigenvalue weighted by Gasteiger charge is 2.06. The van der Waals surface area contributed by atoms with Crippen molar-refractivity contribution >= 4 is 5.57 Å². The number of benzene rings is 1. The summed E-state index contributed by atoms with van der Waals surface area (Å²) < 4.78 is 10.3. The van der Waals surface area contributed by atoms with Crippen LogP contribution in [0.15, 0.2) is 24.3 Å². The fourth-order valence-electron chi connectivity index (χ4n) is 1.30. The first-order valence-corrected chi connectivity index (χ1v) is 4.51. The van der Waals surface area contributed by atoms with Crippen LogP contribution in [-0.4, -0.2) is 14.2 Å². The molecule has 0 aliphatic heterocycles. The van der Waals surface area contributed by atoms with Crippen molar-refractivity contribution in [1.82, 2.24) is 0 Å². The van der Waals surface area contributed by atoms with Gasteiger partial charge in [-0.3, -0.25) is 0 Å². The quantitative estimate of drug-likeness (QED) is 0.709. The number of hydrogen-bond acceptors (Lipinski definition) is 3. The Kier molecular flexibility index (Phi) is 3.75. The van der Waals surface area contributed by atoms with Crippen molar-refractivity contribution < 1.29 is 9.47 Å². The SMILES string of the molecule is COc1ccc(C(C)=CC#N)c(OC)c1. The summed E-state index contributed by atoms with van der Waals surface area (Å²) in [6, 6.07) is 7.51. The predicted molar refractivity (Wildman–Crippen MR) is 58.8 cm³/mol. The molecule has 0 unspecified atom stereocenters. The molecule has 0 aliphatic rings. The van der Waals surface area contributed by atoms with Crippen molar-refractivity contribution in [2.75, 3.05) is 14.2 Å². The van der Waals surface area contributed by atoms with Gasteiger partial charge in [-0.1, -0.05) is 0 Å². The zero-order valence-corrected chi connectivity index (χ0v) is 9.07. The summed E-state index contributed by atoms with van der Waals surface area (Å²) >= 11 is 0. The molecule has 0 radical (unpaired) electrons. The molecule has 78 valence electrons. The molecule has 3 nitrogen and oxygen atoms in total. The zero-order chi connectivity index (χ0) is 11.3. The van der Waals surface area contributed by atoms with E-state index in [0.717, 1.165) is 16.9 Å². The second-order valence-corrected chi connectivity index (χ2v) is 3.02. The molecule has 0 bridgehead atoms. The summed E-state index contributed by atoms with van der Waals surface area (Å²) in [5, 5.41) is 8.57. The van der Waals surface area contributed by atoms with Gasteiger partial charge in [0.1, 0.15) is 11.5 Å².